The summed E-state index contributed by atoms with van der Waals surface area (Å²) in [6, 6.07) is 16.6. The van der Waals surface area contributed by atoms with Gasteiger partial charge in [-0.2, -0.15) is 0 Å². The van der Waals surface area contributed by atoms with E-state index in [-0.39, 0.29) is 32.0 Å². The van der Waals surface area contributed by atoms with Crippen molar-refractivity contribution in [2.45, 2.75) is 279 Å². The second-order valence-electron chi connectivity index (χ2n) is 30.8. The van der Waals surface area contributed by atoms with Crippen molar-refractivity contribution in [3.05, 3.63) is 107 Å². The first-order valence-electron chi connectivity index (χ1n) is 36.4. The standard InChI is InChI=1S/C75H116B3N9O16/c1-52(102-73(13,14)29-35-95-70(7,8)26-32-86-45-60(80-83-86)49-92-67-38-57(42-77)20-23-64(67)100-54(3)89)47-97-75(17,18)40-62(103-74(15,16)30-36-96-71(9,10)27-33-87-46-61(81-84-87)50-93-68-39-58(43-78)21-24-65(68)101-55(4)90)51-98-72(11,12)28-34-94-69(5,6)25-31-85-44-59(79-82-85)48-91-66-37-56(41-76)19-22-63(66)99-53(2)88/h19-24,37-39,44-46,52,62H,25-36,40-43,47-51,76-78H2,1-18H3. The second-order valence-corrected chi connectivity index (χ2v) is 30.8. The Kier molecular flexibility index (Phi) is 31.8. The zero-order valence-corrected chi connectivity index (χ0v) is 65.5. The number of benzene rings is 3. The molecule has 28 heteroatoms. The molecule has 0 saturated carbocycles. The van der Waals surface area contributed by atoms with Crippen molar-refractivity contribution in [1.29, 1.82) is 0 Å². The van der Waals surface area contributed by atoms with E-state index in [1.807, 2.05) is 77.6 Å². The van der Waals surface area contributed by atoms with Crippen LogP contribution in [0.5, 0.6) is 34.5 Å². The number of nitrogens with zero attached hydrogens (tertiary/aromatic N) is 9. The molecule has 0 fully saturated rings. The van der Waals surface area contributed by atoms with Crippen molar-refractivity contribution in [1.82, 2.24) is 45.0 Å². The van der Waals surface area contributed by atoms with Crippen molar-refractivity contribution in [3.63, 3.8) is 0 Å². The molecule has 6 aromatic rings. The average Bonchev–Trinajstić information content (AvgIpc) is 1.63. The first-order chi connectivity index (χ1) is 48.3. The van der Waals surface area contributed by atoms with Crippen LogP contribution in [0.2, 0.25) is 0 Å². The summed E-state index contributed by atoms with van der Waals surface area (Å²) in [6.07, 6.45) is 11.8. The van der Waals surface area contributed by atoms with E-state index in [0.717, 1.165) is 35.7 Å². The third-order valence-electron chi connectivity index (χ3n) is 17.4. The van der Waals surface area contributed by atoms with Crippen LogP contribution in [0.1, 0.15) is 203 Å². The molecule has 0 aliphatic carbocycles. The van der Waals surface area contributed by atoms with Gasteiger partial charge in [0.25, 0.3) is 0 Å². The smallest absolute Gasteiger partial charge is 0.308 e. The Bertz CT molecular complexity index is 3630. The van der Waals surface area contributed by atoms with Crippen molar-refractivity contribution in [3.8, 4) is 34.5 Å². The molecule has 6 rings (SSSR count). The van der Waals surface area contributed by atoms with Crippen molar-refractivity contribution < 1.29 is 76.0 Å². The molecule has 103 heavy (non-hydrogen) atoms. The fraction of sp³-hybridized carbons (Fsp3) is 0.640. The minimum absolute atomic E-state index is 0.155. The Morgan fingerprint density at radius 1 is 0.398 bits per heavy atom. The fourth-order valence-corrected chi connectivity index (χ4v) is 11.1. The van der Waals surface area contributed by atoms with E-state index < -0.39 is 57.1 Å². The van der Waals surface area contributed by atoms with E-state index >= 15 is 0 Å². The van der Waals surface area contributed by atoms with Crippen LogP contribution in [0.25, 0.3) is 0 Å². The number of carbonyl (C=O) groups excluding carboxylic acids is 3. The number of ether oxygens (including phenoxy) is 13. The fourth-order valence-electron chi connectivity index (χ4n) is 11.1. The molecule has 2 atom stereocenters. The summed E-state index contributed by atoms with van der Waals surface area (Å²) >= 11 is 0. The lowest BCUT2D eigenvalue weighted by molar-refractivity contribution is -0.176. The quantitative estimate of drug-likeness (QED) is 0.0195. The topological polar surface area (TPSA) is 263 Å². The van der Waals surface area contributed by atoms with E-state index in [4.69, 9.17) is 61.6 Å². The van der Waals surface area contributed by atoms with Gasteiger partial charge in [-0.1, -0.05) is 69.5 Å². The Balaban J connectivity index is 0.996. The monoisotopic (exact) mass is 1430 g/mol. The number of hydrogen-bond acceptors (Lipinski definition) is 22. The Labute approximate surface area is 613 Å². The van der Waals surface area contributed by atoms with E-state index in [9.17, 15) is 14.4 Å². The van der Waals surface area contributed by atoms with Crippen molar-refractivity contribution >= 4 is 41.4 Å². The minimum Gasteiger partial charge on any atom is -0.483 e. The number of hydrogen-bond donors (Lipinski definition) is 0. The van der Waals surface area contributed by atoms with Gasteiger partial charge in [-0.25, -0.2) is 0 Å². The lowest BCUT2D eigenvalue weighted by atomic mass is 9.97. The van der Waals surface area contributed by atoms with Crippen LogP contribution in [-0.2, 0) is 106 Å². The molecule has 25 nitrogen and oxygen atoms in total. The van der Waals surface area contributed by atoms with E-state index in [0.29, 0.717) is 149 Å². The summed E-state index contributed by atoms with van der Waals surface area (Å²) in [4.78, 5) is 35.2. The Hall–Kier alpha value is -7.20. The Morgan fingerprint density at radius 2 is 0.709 bits per heavy atom. The van der Waals surface area contributed by atoms with Crippen LogP contribution in [-0.4, -0.2) is 171 Å². The Morgan fingerprint density at radius 3 is 1.04 bits per heavy atom. The number of aryl methyl sites for hydroxylation is 3. The van der Waals surface area contributed by atoms with Gasteiger partial charge in [0, 0.05) is 46.8 Å². The molecular formula is C75H116B3N9O16. The molecule has 3 aromatic heterocycles. The average molecular weight is 1430 g/mol. The largest absolute Gasteiger partial charge is 0.483 e. The third kappa shape index (κ3) is 31.6. The summed E-state index contributed by atoms with van der Waals surface area (Å²) < 4.78 is 86.6. The van der Waals surface area contributed by atoms with Gasteiger partial charge in [0.05, 0.1) is 103 Å². The molecule has 3 heterocycles. The third-order valence-corrected chi connectivity index (χ3v) is 17.4. The molecule has 2 unspecified atom stereocenters. The zero-order valence-electron chi connectivity index (χ0n) is 65.5. The van der Waals surface area contributed by atoms with Gasteiger partial charge in [-0.3, -0.25) is 28.4 Å². The van der Waals surface area contributed by atoms with Gasteiger partial charge in [0.2, 0.25) is 0 Å². The van der Waals surface area contributed by atoms with Gasteiger partial charge < -0.3 is 61.6 Å². The number of esters is 3. The highest BCUT2D eigenvalue weighted by atomic mass is 16.6. The summed E-state index contributed by atoms with van der Waals surface area (Å²) in [5, 5.41) is 26.0. The van der Waals surface area contributed by atoms with E-state index in [1.165, 1.54) is 20.8 Å². The van der Waals surface area contributed by atoms with Crippen LogP contribution >= 0.6 is 0 Å². The predicted molar refractivity (Wildman–Crippen MR) is 399 cm³/mol. The summed E-state index contributed by atoms with van der Waals surface area (Å²) in [5.41, 5.74) is 1.30. The predicted octanol–water partition coefficient (Wildman–Crippen LogP) is 9.83. The van der Waals surface area contributed by atoms with Crippen LogP contribution in [0, 0.1) is 0 Å². The van der Waals surface area contributed by atoms with Crippen molar-refractivity contribution in [2.24, 2.45) is 0 Å². The lowest BCUT2D eigenvalue weighted by Gasteiger charge is -2.38. The maximum Gasteiger partial charge on any atom is 0.308 e. The SMILES string of the molecule is BCc1ccc(OC(C)=O)c(OCc2cn(CCC(C)(C)OCCC(C)(C)OCC(CC(C)(C)OCC(C)OC(C)(C)CCOC(C)(C)CCn3cc(COc4cc(CB)ccc4OC(C)=O)nn3)OC(C)(C)CCOC(C)(C)CCn3cc(COc4cc(CB)ccc4OC(C)=O)nn3)nn2)c1. The lowest BCUT2D eigenvalue weighted by Crippen LogP contribution is -2.43. The van der Waals surface area contributed by atoms with Gasteiger partial charge in [0.15, 0.2) is 34.5 Å². The molecule has 566 valence electrons. The molecule has 3 aromatic carbocycles. The molecule has 0 N–H and O–H groups in total. The van der Waals surface area contributed by atoms with E-state index in [1.54, 1.807) is 32.2 Å². The zero-order chi connectivity index (χ0) is 75.8. The number of carbonyl (C=O) groups is 3. The first-order valence-corrected chi connectivity index (χ1v) is 36.4. The van der Waals surface area contributed by atoms with Crippen LogP contribution in [0.3, 0.4) is 0 Å². The van der Waals surface area contributed by atoms with Crippen LogP contribution < -0.4 is 28.4 Å². The highest BCUT2D eigenvalue weighted by Gasteiger charge is 2.35. The first kappa shape index (κ1) is 84.7. The highest BCUT2D eigenvalue weighted by Crippen LogP contribution is 2.34. The summed E-state index contributed by atoms with van der Waals surface area (Å²) in [6.45, 7) is 39.5. The highest BCUT2D eigenvalue weighted by molar-refractivity contribution is 6.08. The molecule has 0 saturated heterocycles. The molecule has 0 amide bonds. The molecule has 0 radical (unpaired) electrons. The van der Waals surface area contributed by atoms with Gasteiger partial charge in [-0.05, 0) is 179 Å². The number of aromatic nitrogens is 9. The van der Waals surface area contributed by atoms with Crippen molar-refractivity contribution in [2.75, 3.05) is 33.0 Å². The second kappa shape index (κ2) is 38.7. The molecular weight excluding hydrogens is 1320 g/mol. The van der Waals surface area contributed by atoms with Crippen LogP contribution in [0.4, 0.5) is 0 Å². The minimum atomic E-state index is -0.643. The van der Waals surface area contributed by atoms with Gasteiger partial charge in [-0.15, -0.1) is 15.3 Å². The maximum absolute atomic E-state index is 11.8. The van der Waals surface area contributed by atoms with E-state index in [2.05, 4.69) is 136 Å². The molecule has 0 spiro atoms. The summed E-state index contributed by atoms with van der Waals surface area (Å²) in [7, 11) is 6.15. The molecule has 0 bridgehead atoms. The normalized spacial score (nSPS) is 13.2. The van der Waals surface area contributed by atoms with Gasteiger partial charge >= 0.3 is 17.9 Å². The van der Waals surface area contributed by atoms with Gasteiger partial charge in [0.1, 0.15) is 60.4 Å². The molecule has 0 aliphatic rings. The maximum atomic E-state index is 11.8. The van der Waals surface area contributed by atoms with Crippen LogP contribution in [0.15, 0.2) is 73.2 Å². The number of rotatable bonds is 48. The molecule has 0 aliphatic heterocycles. The summed E-state index contributed by atoms with van der Waals surface area (Å²) in [5.74, 6) is 1.24.